The van der Waals surface area contributed by atoms with Gasteiger partial charge >= 0.3 is 5.97 Å². The molecule has 1 aliphatic heterocycles. The lowest BCUT2D eigenvalue weighted by Gasteiger charge is -2.42. The molecule has 0 saturated carbocycles. The molecule has 0 bridgehead atoms. The molecule has 2 aromatic carbocycles. The molecule has 38 heavy (non-hydrogen) atoms. The van der Waals surface area contributed by atoms with E-state index < -0.39 is 21.6 Å². The molecule has 7 nitrogen and oxygen atoms in total. The van der Waals surface area contributed by atoms with Gasteiger partial charge in [0.2, 0.25) is 0 Å². The molecule has 0 amide bonds. The maximum atomic E-state index is 13.5. The molecule has 1 atom stereocenters. The van der Waals surface area contributed by atoms with Crippen LogP contribution in [0.3, 0.4) is 0 Å². The molecule has 0 saturated heterocycles. The molecule has 0 aliphatic carbocycles. The third-order valence-corrected chi connectivity index (χ3v) is 9.63. The second kappa shape index (κ2) is 11.6. The molecule has 9 heteroatoms. The van der Waals surface area contributed by atoms with Gasteiger partial charge in [-0.25, -0.2) is 13.2 Å². The van der Waals surface area contributed by atoms with Crippen LogP contribution in [-0.4, -0.2) is 31.6 Å². The Kier molecular flexibility index (Phi) is 8.47. The van der Waals surface area contributed by atoms with Crippen molar-refractivity contribution in [3.05, 3.63) is 89.1 Å². The number of rotatable bonds is 11. The summed E-state index contributed by atoms with van der Waals surface area (Å²) in [6.45, 7) is 6.42. The number of nitrogens with one attached hydrogen (secondary N) is 1. The summed E-state index contributed by atoms with van der Waals surface area (Å²) in [5, 5.41) is 13.0. The van der Waals surface area contributed by atoms with Crippen molar-refractivity contribution in [2.45, 2.75) is 56.3 Å². The van der Waals surface area contributed by atoms with Gasteiger partial charge in [-0.05, 0) is 60.4 Å². The fraction of sp³-hybridized carbons (Fsp3) is 0.345. The number of anilines is 2. The van der Waals surface area contributed by atoms with Crippen LogP contribution in [0.5, 0.6) is 0 Å². The minimum absolute atomic E-state index is 0.00604. The number of aryl methyl sites for hydroxylation is 1. The summed E-state index contributed by atoms with van der Waals surface area (Å²) in [4.78, 5) is 15.2. The molecule has 4 rings (SSSR count). The summed E-state index contributed by atoms with van der Waals surface area (Å²) in [7, 11) is -3.73. The third kappa shape index (κ3) is 6.05. The first-order valence-electron chi connectivity index (χ1n) is 12.8. The van der Waals surface area contributed by atoms with E-state index in [9.17, 15) is 18.3 Å². The van der Waals surface area contributed by atoms with Crippen molar-refractivity contribution >= 4 is 38.7 Å². The second-order valence-corrected chi connectivity index (χ2v) is 12.7. The van der Waals surface area contributed by atoms with Crippen LogP contribution in [0.4, 0.5) is 11.4 Å². The maximum absolute atomic E-state index is 13.5. The van der Waals surface area contributed by atoms with Crippen LogP contribution in [0.1, 0.15) is 45.6 Å². The van der Waals surface area contributed by atoms with Crippen LogP contribution in [0.15, 0.2) is 87.8 Å². The number of sulfonamides is 1. The summed E-state index contributed by atoms with van der Waals surface area (Å²) in [5.41, 5.74) is 1.36. The number of ether oxygens (including phenoxy) is 1. The lowest BCUT2D eigenvalue weighted by atomic mass is 9.79. The van der Waals surface area contributed by atoms with Crippen molar-refractivity contribution < 1.29 is 23.1 Å². The maximum Gasteiger partial charge on any atom is 0.359 e. The fourth-order valence-corrected chi connectivity index (χ4v) is 6.77. The lowest BCUT2D eigenvalue weighted by molar-refractivity contribution is -0.166. The normalized spacial score (nSPS) is 17.9. The minimum Gasteiger partial charge on any atom is -0.510 e. The molecule has 0 fully saturated rings. The van der Waals surface area contributed by atoms with Crippen molar-refractivity contribution in [1.29, 1.82) is 0 Å². The molecular weight excluding hydrogens is 520 g/mol. The Labute approximate surface area is 228 Å². The van der Waals surface area contributed by atoms with E-state index >= 15 is 0 Å². The van der Waals surface area contributed by atoms with Crippen LogP contribution in [0, 0.1) is 5.92 Å². The molecule has 202 valence electrons. The predicted molar refractivity (Wildman–Crippen MR) is 152 cm³/mol. The van der Waals surface area contributed by atoms with Gasteiger partial charge in [-0.15, -0.1) is 11.3 Å². The number of nitrogens with zero attached hydrogens (tertiary/aromatic N) is 1. The Bertz CT molecular complexity index is 1390. The predicted octanol–water partition coefficient (Wildman–Crippen LogP) is 6.51. The molecule has 0 spiro atoms. The average Bonchev–Trinajstić information content (AvgIpc) is 3.43. The largest absolute Gasteiger partial charge is 0.510 e. The van der Waals surface area contributed by atoms with Gasteiger partial charge in [-0.1, -0.05) is 63.2 Å². The first-order chi connectivity index (χ1) is 18.1. The van der Waals surface area contributed by atoms with Gasteiger partial charge in [0.1, 0.15) is 15.6 Å². The number of hydrogen-bond acceptors (Lipinski definition) is 7. The average molecular weight is 555 g/mol. The number of benzene rings is 2. The number of cyclic esters (lactones) is 1. The van der Waals surface area contributed by atoms with Crippen LogP contribution in [0.2, 0.25) is 0 Å². The molecule has 1 aliphatic rings. The van der Waals surface area contributed by atoms with E-state index in [0.717, 1.165) is 23.3 Å². The van der Waals surface area contributed by atoms with E-state index in [1.807, 2.05) is 51.1 Å². The standard InChI is InChI=1S/C29H34N2O5S2/c1-4-17-31(24-13-8-12-23(19-24)30-38(34,35)26-14-9-18-37-26)27-25(32)20-29(21(2)3,36-28(27)33)16-15-22-10-6-5-7-11-22/h5-14,18-19,21,30,32H,4,15-17,20H2,1-3H3. The zero-order valence-corrected chi connectivity index (χ0v) is 23.5. The number of hydrogen-bond donors (Lipinski definition) is 2. The molecule has 1 aromatic heterocycles. The number of aliphatic hydroxyl groups is 1. The SMILES string of the molecule is CCCN(C1=C(O)CC(CCc2ccccc2)(C(C)C)OC1=O)c1cccc(NS(=O)(=O)c2cccs2)c1. The molecule has 0 radical (unpaired) electrons. The van der Waals surface area contributed by atoms with Crippen molar-refractivity contribution in [3.8, 4) is 0 Å². The van der Waals surface area contributed by atoms with E-state index in [0.29, 0.717) is 30.8 Å². The van der Waals surface area contributed by atoms with Gasteiger partial charge in [-0.3, -0.25) is 4.72 Å². The Balaban J connectivity index is 1.62. The first kappa shape index (κ1) is 27.7. The summed E-state index contributed by atoms with van der Waals surface area (Å²) in [6.07, 6.45) is 2.22. The van der Waals surface area contributed by atoms with Gasteiger partial charge < -0.3 is 14.7 Å². The second-order valence-electron chi connectivity index (χ2n) is 9.81. The van der Waals surface area contributed by atoms with Crippen molar-refractivity contribution in [2.75, 3.05) is 16.2 Å². The van der Waals surface area contributed by atoms with Gasteiger partial charge in [0.15, 0.2) is 5.70 Å². The molecule has 2 N–H and O–H groups in total. The monoisotopic (exact) mass is 554 g/mol. The van der Waals surface area contributed by atoms with Crippen molar-refractivity contribution in [3.63, 3.8) is 0 Å². The van der Waals surface area contributed by atoms with Gasteiger partial charge in [0.25, 0.3) is 10.0 Å². The zero-order valence-electron chi connectivity index (χ0n) is 21.9. The van der Waals surface area contributed by atoms with Crippen molar-refractivity contribution in [2.24, 2.45) is 5.92 Å². The van der Waals surface area contributed by atoms with E-state index in [-0.39, 0.29) is 28.0 Å². The van der Waals surface area contributed by atoms with Crippen LogP contribution in [-0.2, 0) is 26.0 Å². The molecule has 1 unspecified atom stereocenters. The topological polar surface area (TPSA) is 95.9 Å². The first-order valence-corrected chi connectivity index (χ1v) is 15.1. The number of carbonyl (C=O) groups excluding carboxylic acids is 1. The highest BCUT2D eigenvalue weighted by molar-refractivity contribution is 7.94. The third-order valence-electron chi connectivity index (χ3n) is 6.85. The number of esters is 1. The Morgan fingerprint density at radius 3 is 2.50 bits per heavy atom. The number of aliphatic hydroxyl groups excluding tert-OH is 1. The molecule has 2 heterocycles. The van der Waals surface area contributed by atoms with Crippen LogP contribution in [0.25, 0.3) is 0 Å². The highest BCUT2D eigenvalue weighted by Crippen LogP contribution is 2.40. The van der Waals surface area contributed by atoms with Crippen LogP contribution < -0.4 is 9.62 Å². The molecular formula is C29H34N2O5S2. The van der Waals surface area contributed by atoms with E-state index in [1.165, 1.54) is 0 Å². The Morgan fingerprint density at radius 2 is 1.87 bits per heavy atom. The van der Waals surface area contributed by atoms with E-state index in [4.69, 9.17) is 4.74 Å². The summed E-state index contributed by atoms with van der Waals surface area (Å²) in [6, 6.07) is 20.1. The molecule has 3 aromatic rings. The lowest BCUT2D eigenvalue weighted by Crippen LogP contribution is -2.47. The highest BCUT2D eigenvalue weighted by atomic mass is 32.2. The smallest absolute Gasteiger partial charge is 0.359 e. The van der Waals surface area contributed by atoms with E-state index in [2.05, 4.69) is 4.72 Å². The highest BCUT2D eigenvalue weighted by Gasteiger charge is 2.45. The Hall–Kier alpha value is -3.30. The summed E-state index contributed by atoms with van der Waals surface area (Å²) < 4.78 is 34.4. The summed E-state index contributed by atoms with van der Waals surface area (Å²) in [5.74, 6) is -0.594. The summed E-state index contributed by atoms with van der Waals surface area (Å²) >= 11 is 1.13. The minimum atomic E-state index is -3.73. The zero-order chi connectivity index (χ0) is 27.3. The quantitative estimate of drug-likeness (QED) is 0.262. The van der Waals surface area contributed by atoms with Crippen LogP contribution >= 0.6 is 11.3 Å². The van der Waals surface area contributed by atoms with Gasteiger partial charge in [0, 0.05) is 18.7 Å². The number of carbonyl (C=O) groups is 1. The Morgan fingerprint density at radius 1 is 1.11 bits per heavy atom. The fourth-order valence-electron chi connectivity index (χ4n) is 4.72. The van der Waals surface area contributed by atoms with Gasteiger partial charge in [0.05, 0.1) is 5.69 Å². The van der Waals surface area contributed by atoms with Crippen molar-refractivity contribution in [1.82, 2.24) is 0 Å². The van der Waals surface area contributed by atoms with Gasteiger partial charge in [-0.2, -0.15) is 0 Å². The number of thiophene rings is 1. The van der Waals surface area contributed by atoms with E-state index in [1.54, 1.807) is 46.7 Å².